The Bertz CT molecular complexity index is 261. The number of Topliss-reactive ketones (excluding diaryl/α,β-unsaturated/α-hetero) is 1. The van der Waals surface area contributed by atoms with E-state index in [1.54, 1.807) is 20.8 Å². The summed E-state index contributed by atoms with van der Waals surface area (Å²) >= 11 is 5.45. The van der Waals surface area contributed by atoms with Crippen molar-refractivity contribution < 1.29 is 14.3 Å². The van der Waals surface area contributed by atoms with Gasteiger partial charge in [-0.3, -0.25) is 4.79 Å². The zero-order valence-corrected chi connectivity index (χ0v) is 11.8. The molecule has 0 aromatic heterocycles. The SMILES string of the molecule is CCCC(CC(=O)CCl)NC(=O)OC(C)(C)C. The van der Waals surface area contributed by atoms with Crippen molar-refractivity contribution in [1.29, 1.82) is 0 Å². The van der Waals surface area contributed by atoms with Crippen LogP contribution in [0.4, 0.5) is 4.79 Å². The van der Waals surface area contributed by atoms with E-state index in [0.29, 0.717) is 0 Å². The number of nitrogens with one attached hydrogen (secondary N) is 1. The van der Waals surface area contributed by atoms with Crippen LogP contribution in [-0.2, 0) is 9.53 Å². The van der Waals surface area contributed by atoms with Gasteiger partial charge in [-0.05, 0) is 27.2 Å². The maximum Gasteiger partial charge on any atom is 0.407 e. The lowest BCUT2D eigenvalue weighted by Crippen LogP contribution is -2.40. The monoisotopic (exact) mass is 263 g/mol. The van der Waals surface area contributed by atoms with Crippen LogP contribution in [-0.4, -0.2) is 29.4 Å². The number of hydrogen-bond donors (Lipinski definition) is 1. The molecule has 0 aromatic carbocycles. The highest BCUT2D eigenvalue weighted by molar-refractivity contribution is 6.27. The van der Waals surface area contributed by atoms with Gasteiger partial charge in [0.1, 0.15) is 11.4 Å². The normalized spacial score (nSPS) is 13.0. The number of amides is 1. The van der Waals surface area contributed by atoms with Crippen LogP contribution in [0.5, 0.6) is 0 Å². The third-order valence-corrected chi connectivity index (χ3v) is 2.28. The fraction of sp³-hybridized carbons (Fsp3) is 0.833. The molecule has 0 heterocycles. The number of halogens is 1. The van der Waals surface area contributed by atoms with E-state index in [0.717, 1.165) is 12.8 Å². The number of hydrogen-bond acceptors (Lipinski definition) is 3. The molecule has 0 fully saturated rings. The van der Waals surface area contributed by atoms with E-state index in [9.17, 15) is 9.59 Å². The molecule has 0 rings (SSSR count). The van der Waals surface area contributed by atoms with Crippen LogP contribution in [0.1, 0.15) is 47.0 Å². The summed E-state index contributed by atoms with van der Waals surface area (Å²) < 4.78 is 5.14. The lowest BCUT2D eigenvalue weighted by Gasteiger charge is -2.23. The first-order valence-electron chi connectivity index (χ1n) is 5.85. The second kappa shape index (κ2) is 7.54. The topological polar surface area (TPSA) is 55.4 Å². The molecule has 0 aliphatic rings. The summed E-state index contributed by atoms with van der Waals surface area (Å²) in [5.41, 5.74) is -0.530. The van der Waals surface area contributed by atoms with Gasteiger partial charge in [0, 0.05) is 12.5 Å². The average Bonchev–Trinajstić information content (AvgIpc) is 2.14. The molecule has 5 heteroatoms. The Hall–Kier alpha value is -0.770. The fourth-order valence-electron chi connectivity index (χ4n) is 1.38. The molecule has 0 aromatic rings. The van der Waals surface area contributed by atoms with Gasteiger partial charge in [-0.15, -0.1) is 11.6 Å². The van der Waals surface area contributed by atoms with Gasteiger partial charge in [0.15, 0.2) is 0 Å². The Kier molecular flexibility index (Phi) is 7.19. The molecule has 1 N–H and O–H groups in total. The second-order valence-electron chi connectivity index (χ2n) is 5.01. The van der Waals surface area contributed by atoms with Gasteiger partial charge in [0.05, 0.1) is 5.88 Å². The van der Waals surface area contributed by atoms with E-state index >= 15 is 0 Å². The zero-order valence-electron chi connectivity index (χ0n) is 11.0. The number of ketones is 1. The molecule has 1 amide bonds. The van der Waals surface area contributed by atoms with Crippen LogP contribution in [0.15, 0.2) is 0 Å². The number of ether oxygens (including phenoxy) is 1. The minimum atomic E-state index is -0.530. The van der Waals surface area contributed by atoms with Gasteiger partial charge in [0.2, 0.25) is 0 Å². The molecule has 0 radical (unpaired) electrons. The van der Waals surface area contributed by atoms with Crippen molar-refractivity contribution >= 4 is 23.5 Å². The van der Waals surface area contributed by atoms with Crippen molar-refractivity contribution in [2.45, 2.75) is 58.6 Å². The molecular formula is C12H22ClNO3. The van der Waals surface area contributed by atoms with E-state index in [1.807, 2.05) is 6.92 Å². The molecule has 0 saturated heterocycles. The number of carbonyl (C=O) groups excluding carboxylic acids is 2. The van der Waals surface area contributed by atoms with Gasteiger partial charge >= 0.3 is 6.09 Å². The summed E-state index contributed by atoms with van der Waals surface area (Å²) in [5, 5.41) is 2.70. The molecule has 0 aliphatic heterocycles. The van der Waals surface area contributed by atoms with Crippen molar-refractivity contribution in [2.75, 3.05) is 5.88 Å². The highest BCUT2D eigenvalue weighted by Crippen LogP contribution is 2.09. The maximum absolute atomic E-state index is 11.5. The van der Waals surface area contributed by atoms with Gasteiger partial charge in [-0.25, -0.2) is 4.79 Å². The smallest absolute Gasteiger partial charge is 0.407 e. The van der Waals surface area contributed by atoms with Crippen molar-refractivity contribution in [3.8, 4) is 0 Å². The van der Waals surface area contributed by atoms with Gasteiger partial charge in [-0.2, -0.15) is 0 Å². The third kappa shape index (κ3) is 8.98. The number of alkyl carbamates (subject to hydrolysis) is 1. The average molecular weight is 264 g/mol. The summed E-state index contributed by atoms with van der Waals surface area (Å²) in [4.78, 5) is 22.8. The first kappa shape index (κ1) is 16.2. The Labute approximate surface area is 108 Å². The van der Waals surface area contributed by atoms with Crippen molar-refractivity contribution in [3.63, 3.8) is 0 Å². The fourth-order valence-corrected chi connectivity index (χ4v) is 1.49. The minimum absolute atomic E-state index is 0.0176. The third-order valence-electron chi connectivity index (χ3n) is 1.98. The Morgan fingerprint density at radius 3 is 2.35 bits per heavy atom. The largest absolute Gasteiger partial charge is 0.444 e. The quantitative estimate of drug-likeness (QED) is 0.750. The van der Waals surface area contributed by atoms with E-state index in [2.05, 4.69) is 5.32 Å². The van der Waals surface area contributed by atoms with Crippen LogP contribution in [0.25, 0.3) is 0 Å². The molecular weight excluding hydrogens is 242 g/mol. The summed E-state index contributed by atoms with van der Waals surface area (Å²) in [6.07, 6.45) is 1.40. The lowest BCUT2D eigenvalue weighted by molar-refractivity contribution is -0.117. The van der Waals surface area contributed by atoms with E-state index < -0.39 is 11.7 Å². The first-order valence-corrected chi connectivity index (χ1v) is 6.39. The summed E-state index contributed by atoms with van der Waals surface area (Å²) in [6, 6.07) is -0.193. The Balaban J connectivity index is 4.24. The van der Waals surface area contributed by atoms with E-state index in [-0.39, 0.29) is 24.1 Å². The molecule has 100 valence electrons. The van der Waals surface area contributed by atoms with Crippen LogP contribution < -0.4 is 5.32 Å². The van der Waals surface area contributed by atoms with Crippen molar-refractivity contribution in [3.05, 3.63) is 0 Å². The lowest BCUT2D eigenvalue weighted by atomic mass is 10.1. The summed E-state index contributed by atoms with van der Waals surface area (Å²) in [7, 11) is 0. The summed E-state index contributed by atoms with van der Waals surface area (Å²) in [5.74, 6) is -0.0860. The van der Waals surface area contributed by atoms with Gasteiger partial charge < -0.3 is 10.1 Å². The highest BCUT2D eigenvalue weighted by atomic mass is 35.5. The second-order valence-corrected chi connectivity index (χ2v) is 5.28. The molecule has 4 nitrogen and oxygen atoms in total. The van der Waals surface area contributed by atoms with Crippen LogP contribution in [0.3, 0.4) is 0 Å². The van der Waals surface area contributed by atoms with Crippen LogP contribution in [0, 0.1) is 0 Å². The molecule has 1 unspecified atom stereocenters. The minimum Gasteiger partial charge on any atom is -0.444 e. The van der Waals surface area contributed by atoms with Gasteiger partial charge in [-0.1, -0.05) is 13.3 Å². The number of alkyl halides is 1. The van der Waals surface area contributed by atoms with Crippen LogP contribution >= 0.6 is 11.6 Å². The molecule has 1 atom stereocenters. The summed E-state index contributed by atoms with van der Waals surface area (Å²) in [6.45, 7) is 7.39. The predicted molar refractivity (Wildman–Crippen MR) is 68.4 cm³/mol. The number of rotatable bonds is 6. The van der Waals surface area contributed by atoms with Crippen molar-refractivity contribution in [1.82, 2.24) is 5.32 Å². The Morgan fingerprint density at radius 1 is 1.35 bits per heavy atom. The Morgan fingerprint density at radius 2 is 1.94 bits per heavy atom. The molecule has 17 heavy (non-hydrogen) atoms. The maximum atomic E-state index is 11.5. The molecule has 0 saturated carbocycles. The molecule has 0 bridgehead atoms. The number of carbonyl (C=O) groups is 2. The van der Waals surface area contributed by atoms with E-state index in [1.165, 1.54) is 0 Å². The first-order chi connectivity index (χ1) is 7.78. The van der Waals surface area contributed by atoms with Crippen LogP contribution in [0.2, 0.25) is 0 Å². The predicted octanol–water partition coefficient (Wildman–Crippen LogP) is 2.88. The van der Waals surface area contributed by atoms with Crippen molar-refractivity contribution in [2.24, 2.45) is 0 Å². The molecule has 0 aliphatic carbocycles. The standard InChI is InChI=1S/C12H22ClNO3/c1-5-6-9(7-10(15)8-13)14-11(16)17-12(2,3)4/h9H,5-8H2,1-4H3,(H,14,16). The highest BCUT2D eigenvalue weighted by Gasteiger charge is 2.20. The van der Waals surface area contributed by atoms with Gasteiger partial charge in [0.25, 0.3) is 0 Å². The molecule has 0 spiro atoms. The van der Waals surface area contributed by atoms with E-state index in [4.69, 9.17) is 16.3 Å². The zero-order chi connectivity index (χ0) is 13.5.